The van der Waals surface area contributed by atoms with Gasteiger partial charge < -0.3 is 57.8 Å². The van der Waals surface area contributed by atoms with Gasteiger partial charge in [-0.15, -0.1) is 0 Å². The number of methoxy groups -OCH3 is 2. The third-order valence-corrected chi connectivity index (χ3v) is 16.9. The van der Waals surface area contributed by atoms with Crippen molar-refractivity contribution in [3.63, 3.8) is 0 Å². The van der Waals surface area contributed by atoms with Crippen LogP contribution in [0.5, 0.6) is 17.2 Å². The van der Waals surface area contributed by atoms with E-state index in [1.165, 1.54) is 12.7 Å². The first-order valence-corrected chi connectivity index (χ1v) is 30.1. The molecule has 0 aliphatic carbocycles. The number of carbonyl (C=O) groups excluding carboxylic acids is 5. The molecule has 0 amide bonds. The van der Waals surface area contributed by atoms with Crippen LogP contribution in [0.3, 0.4) is 0 Å². The zero-order chi connectivity index (χ0) is 63.3. The number of nitrogens with two attached hydrogens (primary N) is 1. The third kappa shape index (κ3) is 15.7. The van der Waals surface area contributed by atoms with Crippen LogP contribution in [0.4, 0.5) is 5.82 Å². The number of imidazole rings is 1. The molecule has 2 aliphatic rings. The van der Waals surface area contributed by atoms with E-state index in [-0.39, 0.29) is 37.4 Å². The second kappa shape index (κ2) is 29.9. The van der Waals surface area contributed by atoms with Crippen LogP contribution >= 0.6 is 7.75 Å². The molecule has 10 atom stereocenters. The number of nitrogens with zero attached hydrogens (tertiary/aromatic N) is 5. The van der Waals surface area contributed by atoms with Gasteiger partial charge in [0, 0.05) is 46.2 Å². The monoisotopic (exact) mass is 1240 g/mol. The summed E-state index contributed by atoms with van der Waals surface area (Å²) in [6, 6.07) is 31.7. The summed E-state index contributed by atoms with van der Waals surface area (Å²) in [5.74, 6) is -2.10. The van der Waals surface area contributed by atoms with Gasteiger partial charge in [0.1, 0.15) is 72.4 Å². The van der Waals surface area contributed by atoms with Crippen molar-refractivity contribution in [3.8, 4) is 17.2 Å². The second-order valence-corrected chi connectivity index (χ2v) is 23.2. The van der Waals surface area contributed by atoms with Crippen molar-refractivity contribution in [2.75, 3.05) is 46.4 Å². The largest absolute Gasteiger partial charge is 0.497 e. The van der Waals surface area contributed by atoms with Crippen LogP contribution in [-0.4, -0.2) is 156 Å². The molecule has 472 valence electrons. The topological polar surface area (TPSA) is 295 Å². The number of hydrogen-bond acceptors (Lipinski definition) is 23. The summed E-state index contributed by atoms with van der Waals surface area (Å²) in [5.41, 5.74) is 7.02. The lowest BCUT2D eigenvalue weighted by molar-refractivity contribution is -0.308. The smallest absolute Gasteiger partial charge is 0.409 e. The average molecular weight is 1240 g/mol. The normalized spacial score (nSPS) is 21.3. The Balaban J connectivity index is 1.21. The standard InChI is InChI=1S/C62H75N6O19P/c1-37(2)68(38(3)4)88(74,80-31-17-30-77-61-58(83-42(8)72)57(82-41(7)71)56(81-40(6)70)51(84-61)34-78-39(5)69)87-50-32-52(67-36-66-53-59(63)64-35-65-60(53)67)85-55(50)54(49(73)33-79-48-20-15-12-16-21-48)86-62(43-18-13-11-14-19-43,44-22-26-46(75-9)27-23-44)45-24-28-47(76-10)29-25-45/h11-16,18-29,35-38,50-52,54-58,61H,17,30-34H2,1-10H3,(H2,63,64,65)/t50-,51+,52+,54?,55-,56+,57-,58+,61+,88?/m0/s1. The molecule has 4 aromatic carbocycles. The van der Waals surface area contributed by atoms with Crippen molar-refractivity contribution < 1.29 is 89.7 Å². The van der Waals surface area contributed by atoms with Crippen LogP contribution in [0.1, 0.15) is 91.1 Å². The minimum Gasteiger partial charge on any atom is -0.497 e. The van der Waals surface area contributed by atoms with E-state index in [1.54, 1.807) is 72.0 Å². The molecule has 8 rings (SSSR count). The van der Waals surface area contributed by atoms with E-state index in [9.17, 15) is 19.2 Å². The number of Topliss-reactive ketones (excluding diaryl/α,β-unsaturated/α-hetero) is 1. The highest BCUT2D eigenvalue weighted by atomic mass is 31.2. The molecule has 2 aromatic heterocycles. The van der Waals surface area contributed by atoms with E-state index in [0.717, 1.165) is 27.7 Å². The minimum absolute atomic E-state index is 0.0238. The first-order valence-electron chi connectivity index (χ1n) is 28.6. The molecule has 26 heteroatoms. The van der Waals surface area contributed by atoms with Crippen LogP contribution in [0, 0.1) is 0 Å². The Kier molecular flexibility index (Phi) is 22.4. The van der Waals surface area contributed by atoms with Crippen molar-refractivity contribution >= 4 is 54.4 Å². The molecule has 2 fully saturated rings. The van der Waals surface area contributed by atoms with E-state index < -0.39 is 124 Å². The number of benzene rings is 4. The molecule has 2 unspecified atom stereocenters. The number of ketones is 1. The minimum atomic E-state index is -4.60. The van der Waals surface area contributed by atoms with E-state index in [4.69, 9.17) is 66.9 Å². The molecule has 4 heterocycles. The maximum absolute atomic E-state index is 16.3. The number of ether oxygens (including phenoxy) is 11. The fourth-order valence-electron chi connectivity index (χ4n) is 10.8. The highest BCUT2D eigenvalue weighted by Crippen LogP contribution is 2.58. The molecular formula is C62H75N6O19P. The number of carbonyl (C=O) groups is 5. The molecule has 88 heavy (non-hydrogen) atoms. The highest BCUT2D eigenvalue weighted by Gasteiger charge is 2.55. The maximum Gasteiger partial charge on any atom is 0.409 e. The number of anilines is 1. The maximum atomic E-state index is 16.3. The molecule has 2 N–H and O–H groups in total. The van der Waals surface area contributed by atoms with Crippen LogP contribution in [0.2, 0.25) is 0 Å². The van der Waals surface area contributed by atoms with Crippen LogP contribution in [0.25, 0.3) is 11.2 Å². The van der Waals surface area contributed by atoms with Gasteiger partial charge in [0.2, 0.25) is 5.78 Å². The lowest BCUT2D eigenvalue weighted by Crippen LogP contribution is -2.63. The Hall–Kier alpha value is -7.87. The fourth-order valence-corrected chi connectivity index (χ4v) is 13.2. The van der Waals surface area contributed by atoms with Gasteiger partial charge in [0.05, 0.1) is 33.8 Å². The second-order valence-electron chi connectivity index (χ2n) is 21.3. The van der Waals surface area contributed by atoms with Gasteiger partial charge >= 0.3 is 31.6 Å². The number of nitrogen functional groups attached to an aromatic ring is 1. The zero-order valence-electron chi connectivity index (χ0n) is 50.7. The summed E-state index contributed by atoms with van der Waals surface area (Å²) in [4.78, 5) is 78.4. The molecule has 0 radical (unpaired) electrons. The Bertz CT molecular complexity index is 3300. The summed E-state index contributed by atoms with van der Waals surface area (Å²) in [6.07, 6.45) is -9.93. The Morgan fingerprint density at radius 3 is 1.83 bits per heavy atom. The van der Waals surface area contributed by atoms with Crippen molar-refractivity contribution in [2.45, 2.75) is 141 Å². The summed E-state index contributed by atoms with van der Waals surface area (Å²) in [6.45, 7) is 10.3. The average Bonchev–Trinajstić information content (AvgIpc) is 2.37. The van der Waals surface area contributed by atoms with Crippen molar-refractivity contribution in [3.05, 3.63) is 139 Å². The predicted octanol–water partition coefficient (Wildman–Crippen LogP) is 7.86. The van der Waals surface area contributed by atoms with E-state index >= 15 is 9.36 Å². The van der Waals surface area contributed by atoms with E-state index in [2.05, 4.69) is 15.0 Å². The first kappa shape index (κ1) is 66.1. The fraction of sp³-hybridized carbons (Fsp3) is 0.452. The van der Waals surface area contributed by atoms with E-state index in [0.29, 0.717) is 39.6 Å². The molecular weight excluding hydrogens is 1160 g/mol. The predicted molar refractivity (Wildman–Crippen MR) is 315 cm³/mol. The molecule has 0 spiro atoms. The summed E-state index contributed by atoms with van der Waals surface area (Å²) in [5, 5.41) is 0. The van der Waals surface area contributed by atoms with Gasteiger partial charge in [0.25, 0.3) is 0 Å². The van der Waals surface area contributed by atoms with Crippen LogP contribution < -0.4 is 19.9 Å². The number of rotatable bonds is 29. The molecule has 0 saturated carbocycles. The molecule has 25 nitrogen and oxygen atoms in total. The number of aromatic nitrogens is 4. The number of esters is 4. The van der Waals surface area contributed by atoms with Crippen molar-refractivity contribution in [1.82, 2.24) is 24.2 Å². The lowest BCUT2D eigenvalue weighted by atomic mass is 9.79. The van der Waals surface area contributed by atoms with Gasteiger partial charge in [-0.3, -0.25) is 37.6 Å². The van der Waals surface area contributed by atoms with Crippen LogP contribution in [0.15, 0.2) is 122 Å². The SMILES string of the molecule is COc1ccc(C(OC(C(=O)COc2ccccc2)[C@H]2O[C@@H](n3cnc4c(N)ncnc43)C[C@@H]2OP(=O)(OCCCO[C@@H]2O[C@H](COC(C)=O)[C@@H](OC(C)=O)[C@H](OC(C)=O)[C@H]2OC(C)=O)N(C(C)C)C(C)C)(c2ccccc2)c2ccc(OC)cc2)cc1. The summed E-state index contributed by atoms with van der Waals surface area (Å²) in [7, 11) is -1.48. The van der Waals surface area contributed by atoms with E-state index in [1.807, 2.05) is 88.4 Å². The molecule has 2 saturated heterocycles. The van der Waals surface area contributed by atoms with Gasteiger partial charge in [-0.1, -0.05) is 72.8 Å². The Labute approximate surface area is 509 Å². The van der Waals surface area contributed by atoms with Crippen molar-refractivity contribution in [2.24, 2.45) is 0 Å². The van der Waals surface area contributed by atoms with Crippen LogP contribution in [-0.2, 0) is 81.1 Å². The summed E-state index contributed by atoms with van der Waals surface area (Å²) < 4.78 is 99.7. The zero-order valence-corrected chi connectivity index (χ0v) is 51.6. The van der Waals surface area contributed by atoms with Crippen molar-refractivity contribution in [1.29, 1.82) is 0 Å². The first-order chi connectivity index (χ1) is 42.2. The van der Waals surface area contributed by atoms with Gasteiger partial charge in [-0.25, -0.2) is 24.2 Å². The number of para-hydroxylation sites is 1. The Morgan fingerprint density at radius 1 is 0.693 bits per heavy atom. The summed E-state index contributed by atoms with van der Waals surface area (Å²) >= 11 is 0. The molecule has 2 aliphatic heterocycles. The highest BCUT2D eigenvalue weighted by molar-refractivity contribution is 7.51. The third-order valence-electron chi connectivity index (χ3n) is 14.4. The lowest BCUT2D eigenvalue weighted by Gasteiger charge is -2.44. The molecule has 0 bridgehead atoms. The van der Waals surface area contributed by atoms with Gasteiger partial charge in [-0.2, -0.15) is 0 Å². The quantitative estimate of drug-likeness (QED) is 0.0154. The van der Waals surface area contributed by atoms with Gasteiger partial charge in [-0.05, 0) is 87.2 Å². The number of hydrogen-bond donors (Lipinski definition) is 1. The Morgan fingerprint density at radius 2 is 1.26 bits per heavy atom. The molecule has 6 aromatic rings. The number of fused-ring (bicyclic) bond motifs is 1. The van der Waals surface area contributed by atoms with Gasteiger partial charge in [0.15, 0.2) is 42.2 Å².